The van der Waals surface area contributed by atoms with Crippen LogP contribution in [0.3, 0.4) is 0 Å². The molecule has 1 aromatic heterocycles. The van der Waals surface area contributed by atoms with Crippen LogP contribution in [0.4, 0.5) is 5.69 Å². The lowest BCUT2D eigenvalue weighted by Crippen LogP contribution is -2.20. The van der Waals surface area contributed by atoms with Crippen LogP contribution in [-0.4, -0.2) is 41.9 Å². The van der Waals surface area contributed by atoms with Crippen LogP contribution in [0.5, 0.6) is 17.2 Å². The Morgan fingerprint density at radius 2 is 1.97 bits per heavy atom. The monoisotopic (exact) mass is 410 g/mol. The maximum atomic E-state index is 12.6. The number of carbonyl (C=O) groups is 2. The second-order valence-electron chi connectivity index (χ2n) is 6.22. The predicted molar refractivity (Wildman–Crippen MR) is 110 cm³/mol. The highest BCUT2D eigenvalue weighted by Crippen LogP contribution is 2.28. The van der Waals surface area contributed by atoms with E-state index in [9.17, 15) is 9.59 Å². The molecule has 3 N–H and O–H groups in total. The van der Waals surface area contributed by atoms with Crippen LogP contribution in [0.15, 0.2) is 60.9 Å². The summed E-state index contributed by atoms with van der Waals surface area (Å²) in [5.41, 5.74) is 6.03. The summed E-state index contributed by atoms with van der Waals surface area (Å²) in [7, 11) is 1.44. The lowest BCUT2D eigenvalue weighted by atomic mass is 10.1. The molecule has 2 amide bonds. The number of rotatable bonds is 10. The molecule has 0 saturated heterocycles. The van der Waals surface area contributed by atoms with E-state index < -0.39 is 5.91 Å². The summed E-state index contributed by atoms with van der Waals surface area (Å²) >= 11 is 0. The van der Waals surface area contributed by atoms with Gasteiger partial charge >= 0.3 is 0 Å². The standard InChI is InChI=1S/C21H22N4O5/c1-28-19-12-15(6-7-18(19)30-14-20(22)26)21(27)24-16-4-2-5-17(13-16)29-11-10-25-9-3-8-23-25/h2-9,12-13H,10-11,14H2,1H3,(H2,22,26)(H,24,27). The number of nitrogens with one attached hydrogen (secondary N) is 1. The minimum Gasteiger partial charge on any atom is -0.493 e. The molecule has 0 saturated carbocycles. The highest BCUT2D eigenvalue weighted by molar-refractivity contribution is 6.04. The van der Waals surface area contributed by atoms with Gasteiger partial charge in [-0.1, -0.05) is 6.07 Å². The number of nitrogens with two attached hydrogens (primary N) is 1. The first kappa shape index (κ1) is 20.7. The van der Waals surface area contributed by atoms with Crippen LogP contribution >= 0.6 is 0 Å². The van der Waals surface area contributed by atoms with E-state index in [1.165, 1.54) is 13.2 Å². The Morgan fingerprint density at radius 1 is 1.10 bits per heavy atom. The van der Waals surface area contributed by atoms with Crippen LogP contribution in [0.25, 0.3) is 0 Å². The van der Waals surface area contributed by atoms with Crippen molar-refractivity contribution in [2.45, 2.75) is 6.54 Å². The lowest BCUT2D eigenvalue weighted by molar-refractivity contribution is -0.119. The van der Waals surface area contributed by atoms with E-state index in [4.69, 9.17) is 19.9 Å². The fraction of sp³-hybridized carbons (Fsp3) is 0.190. The fourth-order valence-electron chi connectivity index (χ4n) is 2.63. The number of hydrogen-bond donors (Lipinski definition) is 2. The smallest absolute Gasteiger partial charge is 0.255 e. The summed E-state index contributed by atoms with van der Waals surface area (Å²) in [4.78, 5) is 23.5. The Morgan fingerprint density at radius 3 is 2.70 bits per heavy atom. The molecule has 2 aromatic carbocycles. The summed E-state index contributed by atoms with van der Waals surface area (Å²) in [6.45, 7) is 0.783. The summed E-state index contributed by atoms with van der Waals surface area (Å²) in [5, 5.41) is 6.93. The number of benzene rings is 2. The van der Waals surface area contributed by atoms with E-state index in [2.05, 4.69) is 10.4 Å². The van der Waals surface area contributed by atoms with Gasteiger partial charge in [0.2, 0.25) is 0 Å². The van der Waals surface area contributed by atoms with E-state index in [0.29, 0.717) is 41.7 Å². The number of methoxy groups -OCH3 is 1. The molecule has 1 heterocycles. The van der Waals surface area contributed by atoms with Gasteiger partial charge in [-0.25, -0.2) is 0 Å². The third kappa shape index (κ3) is 5.74. The molecular formula is C21H22N4O5. The van der Waals surface area contributed by atoms with Crippen molar-refractivity contribution in [3.63, 3.8) is 0 Å². The van der Waals surface area contributed by atoms with Crippen LogP contribution in [-0.2, 0) is 11.3 Å². The van der Waals surface area contributed by atoms with Gasteiger partial charge in [-0.3, -0.25) is 14.3 Å². The highest BCUT2D eigenvalue weighted by Gasteiger charge is 2.12. The Labute approximate surface area is 173 Å². The number of carbonyl (C=O) groups excluding carboxylic acids is 2. The number of primary amides is 1. The van der Waals surface area contributed by atoms with Crippen LogP contribution in [0.2, 0.25) is 0 Å². The topological polar surface area (TPSA) is 118 Å². The van der Waals surface area contributed by atoms with Crippen LogP contribution in [0.1, 0.15) is 10.4 Å². The Bertz CT molecular complexity index is 1000. The van der Waals surface area contributed by atoms with Crippen molar-refractivity contribution in [1.82, 2.24) is 9.78 Å². The van der Waals surface area contributed by atoms with Gasteiger partial charge < -0.3 is 25.3 Å². The van der Waals surface area contributed by atoms with Gasteiger partial charge in [0.1, 0.15) is 12.4 Å². The minimum absolute atomic E-state index is 0.283. The van der Waals surface area contributed by atoms with E-state index >= 15 is 0 Å². The first-order valence-corrected chi connectivity index (χ1v) is 9.16. The van der Waals surface area contributed by atoms with Crippen molar-refractivity contribution >= 4 is 17.5 Å². The maximum absolute atomic E-state index is 12.6. The van der Waals surface area contributed by atoms with Crippen molar-refractivity contribution in [2.24, 2.45) is 5.73 Å². The third-order valence-corrected chi connectivity index (χ3v) is 4.04. The number of amides is 2. The molecule has 156 valence electrons. The summed E-state index contributed by atoms with van der Waals surface area (Å²) < 4.78 is 18.0. The van der Waals surface area contributed by atoms with Crippen molar-refractivity contribution in [3.8, 4) is 17.2 Å². The highest BCUT2D eigenvalue weighted by atomic mass is 16.5. The molecule has 0 radical (unpaired) electrons. The number of ether oxygens (including phenoxy) is 3. The molecule has 0 unspecified atom stereocenters. The molecule has 3 rings (SSSR count). The van der Waals surface area contributed by atoms with Gasteiger partial charge in [-0.05, 0) is 36.4 Å². The van der Waals surface area contributed by atoms with Crippen molar-refractivity contribution in [1.29, 1.82) is 0 Å². The molecule has 0 atom stereocenters. The Kier molecular flexibility index (Phi) is 6.88. The summed E-state index contributed by atoms with van der Waals surface area (Å²) in [5.74, 6) is 0.335. The number of hydrogen-bond acceptors (Lipinski definition) is 6. The average Bonchev–Trinajstić information content (AvgIpc) is 3.26. The molecule has 30 heavy (non-hydrogen) atoms. The van der Waals surface area contributed by atoms with Gasteiger partial charge in [0.25, 0.3) is 11.8 Å². The zero-order chi connectivity index (χ0) is 21.3. The van der Waals surface area contributed by atoms with Gasteiger partial charge in [-0.15, -0.1) is 0 Å². The van der Waals surface area contributed by atoms with Gasteiger partial charge in [0, 0.05) is 29.7 Å². The average molecular weight is 410 g/mol. The molecule has 9 nitrogen and oxygen atoms in total. The number of nitrogens with zero attached hydrogens (tertiary/aromatic N) is 2. The molecule has 0 aliphatic heterocycles. The second-order valence-corrected chi connectivity index (χ2v) is 6.22. The van der Waals surface area contributed by atoms with Gasteiger partial charge in [-0.2, -0.15) is 5.10 Å². The minimum atomic E-state index is -0.606. The first-order valence-electron chi connectivity index (χ1n) is 9.16. The predicted octanol–water partition coefficient (Wildman–Crippen LogP) is 2.09. The number of aromatic nitrogens is 2. The van der Waals surface area contributed by atoms with Crippen molar-refractivity contribution < 1.29 is 23.8 Å². The van der Waals surface area contributed by atoms with Crippen molar-refractivity contribution in [3.05, 3.63) is 66.5 Å². The van der Waals surface area contributed by atoms with Gasteiger partial charge in [0.05, 0.1) is 13.7 Å². The Hall–Kier alpha value is -4.01. The quantitative estimate of drug-likeness (QED) is 0.528. The van der Waals surface area contributed by atoms with E-state index in [0.717, 1.165) is 0 Å². The molecule has 0 spiro atoms. The van der Waals surface area contributed by atoms with E-state index in [1.54, 1.807) is 41.2 Å². The molecule has 9 heteroatoms. The normalized spacial score (nSPS) is 10.3. The largest absolute Gasteiger partial charge is 0.493 e. The van der Waals surface area contributed by atoms with Gasteiger partial charge in [0.15, 0.2) is 18.1 Å². The summed E-state index contributed by atoms with van der Waals surface area (Å²) in [6.07, 6.45) is 3.57. The van der Waals surface area contributed by atoms with Crippen LogP contribution in [0, 0.1) is 0 Å². The second kappa shape index (κ2) is 9.97. The van der Waals surface area contributed by atoms with Crippen molar-refractivity contribution in [2.75, 3.05) is 25.6 Å². The fourth-order valence-corrected chi connectivity index (χ4v) is 2.63. The third-order valence-electron chi connectivity index (χ3n) is 4.04. The maximum Gasteiger partial charge on any atom is 0.255 e. The molecule has 3 aromatic rings. The molecule has 0 aliphatic rings. The molecular weight excluding hydrogens is 388 g/mol. The molecule has 0 bridgehead atoms. The lowest BCUT2D eigenvalue weighted by Gasteiger charge is -2.12. The zero-order valence-corrected chi connectivity index (χ0v) is 16.4. The first-order chi connectivity index (χ1) is 14.5. The molecule has 0 aliphatic carbocycles. The number of anilines is 1. The molecule has 0 fully saturated rings. The SMILES string of the molecule is COc1cc(C(=O)Nc2cccc(OCCn3cccn3)c2)ccc1OCC(N)=O. The van der Waals surface area contributed by atoms with E-state index in [-0.39, 0.29) is 12.5 Å². The van der Waals surface area contributed by atoms with E-state index in [1.807, 2.05) is 18.3 Å². The summed E-state index contributed by atoms with van der Waals surface area (Å²) in [6, 6.07) is 13.6. The van der Waals surface area contributed by atoms with Crippen LogP contribution < -0.4 is 25.3 Å². The zero-order valence-electron chi connectivity index (χ0n) is 16.4. The Balaban J connectivity index is 1.61.